The molecule has 1 aromatic carbocycles. The topological polar surface area (TPSA) is 32.3 Å². The first-order valence-electron chi connectivity index (χ1n) is 7.50. The van der Waals surface area contributed by atoms with Gasteiger partial charge in [-0.3, -0.25) is 0 Å². The summed E-state index contributed by atoms with van der Waals surface area (Å²) in [6, 6.07) is 5.56. The van der Waals surface area contributed by atoms with Gasteiger partial charge in [0.2, 0.25) is 0 Å². The van der Waals surface area contributed by atoms with Gasteiger partial charge in [0.25, 0.3) is 0 Å². The molecular weight excluding hydrogens is 293 g/mol. The van der Waals surface area contributed by atoms with Crippen LogP contribution in [0.4, 0.5) is 0 Å². The Morgan fingerprint density at radius 1 is 0.950 bits per heavy atom. The molecular formula is C16H21Cl2NO. The molecule has 4 heteroatoms. The maximum absolute atomic E-state index is 11.5. The summed E-state index contributed by atoms with van der Waals surface area (Å²) >= 11 is 12.2. The van der Waals surface area contributed by atoms with Crippen molar-refractivity contribution in [2.24, 2.45) is 0 Å². The molecule has 2 fully saturated rings. The van der Waals surface area contributed by atoms with Crippen LogP contribution in [0.15, 0.2) is 18.2 Å². The first-order chi connectivity index (χ1) is 9.57. The molecule has 2 nitrogen and oxygen atoms in total. The van der Waals surface area contributed by atoms with Gasteiger partial charge in [0.05, 0.1) is 15.6 Å². The highest BCUT2D eigenvalue weighted by atomic mass is 35.5. The van der Waals surface area contributed by atoms with E-state index >= 15 is 0 Å². The van der Waals surface area contributed by atoms with Gasteiger partial charge in [-0.1, -0.05) is 48.5 Å². The van der Waals surface area contributed by atoms with Gasteiger partial charge < -0.3 is 10.4 Å². The molecule has 1 unspecified atom stereocenters. The molecule has 1 saturated carbocycles. The molecule has 1 heterocycles. The molecule has 1 spiro atoms. The molecule has 1 atom stereocenters. The second-order valence-electron chi connectivity index (χ2n) is 6.16. The summed E-state index contributed by atoms with van der Waals surface area (Å²) in [6.45, 7) is 0.990. The molecule has 1 aliphatic carbocycles. The van der Waals surface area contributed by atoms with Crippen LogP contribution in [-0.4, -0.2) is 17.2 Å². The highest BCUT2D eigenvalue weighted by molar-refractivity contribution is 6.42. The van der Waals surface area contributed by atoms with Crippen LogP contribution in [0.5, 0.6) is 0 Å². The van der Waals surface area contributed by atoms with Gasteiger partial charge >= 0.3 is 0 Å². The largest absolute Gasteiger partial charge is 0.383 e. The minimum atomic E-state index is -0.833. The number of aliphatic hydroxyl groups is 1. The second kappa shape index (κ2) is 5.49. The van der Waals surface area contributed by atoms with Crippen LogP contribution in [0, 0.1) is 0 Å². The number of benzene rings is 1. The average Bonchev–Trinajstić information content (AvgIpc) is 2.46. The van der Waals surface area contributed by atoms with E-state index in [0.29, 0.717) is 10.0 Å². The summed E-state index contributed by atoms with van der Waals surface area (Å²) in [5.74, 6) is 0. The lowest BCUT2D eigenvalue weighted by Gasteiger charge is -2.53. The van der Waals surface area contributed by atoms with Gasteiger partial charge in [-0.25, -0.2) is 0 Å². The van der Waals surface area contributed by atoms with Crippen molar-refractivity contribution >= 4 is 23.2 Å². The number of halogens is 2. The third-order valence-corrected chi connectivity index (χ3v) is 5.81. The lowest BCUT2D eigenvalue weighted by Crippen LogP contribution is -2.64. The van der Waals surface area contributed by atoms with E-state index < -0.39 is 5.60 Å². The average molecular weight is 314 g/mol. The van der Waals surface area contributed by atoms with Crippen LogP contribution in [0.1, 0.15) is 50.5 Å². The molecule has 1 aromatic rings. The van der Waals surface area contributed by atoms with Gasteiger partial charge in [0.1, 0.15) is 5.60 Å². The van der Waals surface area contributed by atoms with Crippen molar-refractivity contribution in [3.05, 3.63) is 33.8 Å². The SMILES string of the molecule is OC1(c2ccc(Cl)c(Cl)c2)CCCNC12CCCCC2. The molecule has 0 aromatic heterocycles. The number of nitrogens with one attached hydrogen (secondary N) is 1. The maximum Gasteiger partial charge on any atom is 0.108 e. The summed E-state index contributed by atoms with van der Waals surface area (Å²) in [7, 11) is 0. The Kier molecular flexibility index (Phi) is 4.02. The van der Waals surface area contributed by atoms with Crippen LogP contribution in [0.25, 0.3) is 0 Å². The molecule has 20 heavy (non-hydrogen) atoms. The standard InChI is InChI=1S/C16H21Cl2NO/c17-13-6-5-12(11-14(13)18)16(20)9-4-10-19-15(16)7-2-1-3-8-15/h5-6,11,19-20H,1-4,7-10H2. The number of hydrogen-bond acceptors (Lipinski definition) is 2. The van der Waals surface area contributed by atoms with Crippen molar-refractivity contribution in [1.82, 2.24) is 5.32 Å². The van der Waals surface area contributed by atoms with Gasteiger partial charge in [0, 0.05) is 0 Å². The smallest absolute Gasteiger partial charge is 0.108 e. The van der Waals surface area contributed by atoms with E-state index in [-0.39, 0.29) is 5.54 Å². The first kappa shape index (κ1) is 14.6. The molecule has 2 aliphatic rings. The fourth-order valence-electron chi connectivity index (χ4n) is 3.98. The highest BCUT2D eigenvalue weighted by Crippen LogP contribution is 2.48. The molecule has 1 saturated heterocycles. The fraction of sp³-hybridized carbons (Fsp3) is 0.625. The summed E-state index contributed by atoms with van der Waals surface area (Å²) in [5, 5.41) is 16.2. The summed E-state index contributed by atoms with van der Waals surface area (Å²) in [5.41, 5.74) is -0.124. The minimum absolute atomic E-state index is 0.194. The lowest BCUT2D eigenvalue weighted by molar-refractivity contribution is -0.0994. The molecule has 0 bridgehead atoms. The Bertz CT molecular complexity index is 491. The van der Waals surface area contributed by atoms with Crippen molar-refractivity contribution in [3.8, 4) is 0 Å². The van der Waals surface area contributed by atoms with E-state index in [1.807, 2.05) is 12.1 Å². The van der Waals surface area contributed by atoms with Crippen LogP contribution in [-0.2, 0) is 5.60 Å². The van der Waals surface area contributed by atoms with E-state index in [1.54, 1.807) is 6.07 Å². The summed E-state index contributed by atoms with van der Waals surface area (Å²) in [6.07, 6.45) is 7.46. The first-order valence-corrected chi connectivity index (χ1v) is 8.26. The van der Waals surface area contributed by atoms with E-state index in [1.165, 1.54) is 19.3 Å². The predicted molar refractivity (Wildman–Crippen MR) is 83.4 cm³/mol. The minimum Gasteiger partial charge on any atom is -0.383 e. The van der Waals surface area contributed by atoms with Gasteiger partial charge in [-0.15, -0.1) is 0 Å². The summed E-state index contributed by atoms with van der Waals surface area (Å²) in [4.78, 5) is 0. The fourth-order valence-corrected chi connectivity index (χ4v) is 4.28. The highest BCUT2D eigenvalue weighted by Gasteiger charge is 2.52. The molecule has 110 valence electrons. The van der Waals surface area contributed by atoms with Crippen molar-refractivity contribution in [2.45, 2.75) is 56.1 Å². The number of rotatable bonds is 1. The zero-order valence-electron chi connectivity index (χ0n) is 11.6. The monoisotopic (exact) mass is 313 g/mol. The normalized spacial score (nSPS) is 29.6. The van der Waals surface area contributed by atoms with Crippen molar-refractivity contribution in [1.29, 1.82) is 0 Å². The van der Waals surface area contributed by atoms with Crippen LogP contribution < -0.4 is 5.32 Å². The van der Waals surface area contributed by atoms with E-state index in [2.05, 4.69) is 5.32 Å². The van der Waals surface area contributed by atoms with Crippen LogP contribution >= 0.6 is 23.2 Å². The third-order valence-electron chi connectivity index (χ3n) is 5.07. The molecule has 1 aliphatic heterocycles. The Morgan fingerprint density at radius 2 is 1.70 bits per heavy atom. The quantitative estimate of drug-likeness (QED) is 0.811. The van der Waals surface area contributed by atoms with Crippen molar-refractivity contribution in [2.75, 3.05) is 6.54 Å². The zero-order valence-corrected chi connectivity index (χ0v) is 13.1. The zero-order chi connectivity index (χ0) is 14.2. The van der Waals surface area contributed by atoms with E-state index in [0.717, 1.165) is 37.8 Å². The van der Waals surface area contributed by atoms with E-state index in [9.17, 15) is 5.11 Å². The molecule has 2 N–H and O–H groups in total. The predicted octanol–water partition coefficient (Wildman–Crippen LogP) is 4.27. The number of piperidine rings is 1. The van der Waals surface area contributed by atoms with E-state index in [4.69, 9.17) is 23.2 Å². The van der Waals surface area contributed by atoms with Gasteiger partial charge in [0.15, 0.2) is 0 Å². The second-order valence-corrected chi connectivity index (χ2v) is 6.98. The van der Waals surface area contributed by atoms with Gasteiger partial charge in [-0.05, 0) is 49.9 Å². The Morgan fingerprint density at radius 3 is 2.40 bits per heavy atom. The maximum atomic E-state index is 11.5. The molecule has 3 rings (SSSR count). The molecule has 0 amide bonds. The Labute approximate surface area is 130 Å². The van der Waals surface area contributed by atoms with Crippen LogP contribution in [0.2, 0.25) is 10.0 Å². The molecule has 0 radical (unpaired) electrons. The van der Waals surface area contributed by atoms with Crippen molar-refractivity contribution < 1.29 is 5.11 Å². The Balaban J connectivity index is 2.03. The third kappa shape index (κ3) is 2.27. The number of hydrogen-bond donors (Lipinski definition) is 2. The Hall–Kier alpha value is -0.280. The summed E-state index contributed by atoms with van der Waals surface area (Å²) < 4.78 is 0. The van der Waals surface area contributed by atoms with Crippen molar-refractivity contribution in [3.63, 3.8) is 0 Å². The van der Waals surface area contributed by atoms with Crippen LogP contribution in [0.3, 0.4) is 0 Å². The lowest BCUT2D eigenvalue weighted by atomic mass is 9.63. The van der Waals surface area contributed by atoms with Gasteiger partial charge in [-0.2, -0.15) is 0 Å².